The molecule has 1 heterocycles. The Morgan fingerprint density at radius 3 is 1.95 bits per heavy atom. The summed E-state index contributed by atoms with van der Waals surface area (Å²) in [4.78, 5) is 16.6. The first-order chi connectivity index (χ1) is 10.5. The SMILES string of the molecule is CC(C)N1CCN(C(C(=O)O)C2CCC3(CCC3)CC2)CC1. The Morgan fingerprint density at radius 2 is 1.55 bits per heavy atom. The molecule has 3 fully saturated rings. The van der Waals surface area contributed by atoms with Gasteiger partial charge < -0.3 is 5.11 Å². The van der Waals surface area contributed by atoms with Crippen molar-refractivity contribution in [3.05, 3.63) is 0 Å². The van der Waals surface area contributed by atoms with Crippen LogP contribution < -0.4 is 0 Å². The van der Waals surface area contributed by atoms with E-state index in [0.29, 0.717) is 17.4 Å². The summed E-state index contributed by atoms with van der Waals surface area (Å²) in [7, 11) is 0. The molecule has 2 aliphatic carbocycles. The lowest BCUT2D eigenvalue weighted by Crippen LogP contribution is -2.56. The zero-order valence-electron chi connectivity index (χ0n) is 14.3. The highest BCUT2D eigenvalue weighted by Gasteiger charge is 2.44. The van der Waals surface area contributed by atoms with Crippen molar-refractivity contribution in [3.8, 4) is 0 Å². The van der Waals surface area contributed by atoms with Crippen LogP contribution in [0.4, 0.5) is 0 Å². The van der Waals surface area contributed by atoms with E-state index in [2.05, 4.69) is 23.6 Å². The number of piperazine rings is 1. The molecule has 0 radical (unpaired) electrons. The number of carboxylic acids is 1. The summed E-state index contributed by atoms with van der Waals surface area (Å²) in [6.45, 7) is 8.30. The number of carboxylic acid groups (broad SMARTS) is 1. The Hall–Kier alpha value is -0.610. The van der Waals surface area contributed by atoms with Gasteiger partial charge in [-0.25, -0.2) is 0 Å². The summed E-state index contributed by atoms with van der Waals surface area (Å²) in [6.07, 6.45) is 8.97. The third kappa shape index (κ3) is 3.18. The van der Waals surface area contributed by atoms with Gasteiger partial charge >= 0.3 is 5.97 Å². The topological polar surface area (TPSA) is 43.8 Å². The average Bonchev–Trinajstić information content (AvgIpc) is 2.47. The molecule has 0 amide bonds. The minimum Gasteiger partial charge on any atom is -0.480 e. The fraction of sp³-hybridized carbons (Fsp3) is 0.944. The second-order valence-electron chi connectivity index (χ2n) is 8.14. The summed E-state index contributed by atoms with van der Waals surface area (Å²) in [5.74, 6) is -0.220. The number of nitrogens with zero attached hydrogens (tertiary/aromatic N) is 2. The molecule has 2 saturated carbocycles. The number of hydrogen-bond donors (Lipinski definition) is 1. The van der Waals surface area contributed by atoms with E-state index in [4.69, 9.17) is 0 Å². The first-order valence-electron chi connectivity index (χ1n) is 9.22. The largest absolute Gasteiger partial charge is 0.480 e. The first-order valence-corrected chi connectivity index (χ1v) is 9.22. The Kier molecular flexibility index (Phi) is 4.79. The quantitative estimate of drug-likeness (QED) is 0.867. The van der Waals surface area contributed by atoms with Crippen molar-refractivity contribution in [1.29, 1.82) is 0 Å². The van der Waals surface area contributed by atoms with Gasteiger partial charge in [-0.1, -0.05) is 6.42 Å². The zero-order chi connectivity index (χ0) is 15.7. The lowest BCUT2D eigenvalue weighted by molar-refractivity contribution is -0.148. The van der Waals surface area contributed by atoms with Crippen LogP contribution in [0.5, 0.6) is 0 Å². The summed E-state index contributed by atoms with van der Waals surface area (Å²) in [5.41, 5.74) is 0.621. The van der Waals surface area contributed by atoms with Crippen LogP contribution in [0.3, 0.4) is 0 Å². The van der Waals surface area contributed by atoms with Gasteiger partial charge in [-0.3, -0.25) is 14.6 Å². The fourth-order valence-electron chi connectivity index (χ4n) is 4.93. The van der Waals surface area contributed by atoms with Gasteiger partial charge in [0.25, 0.3) is 0 Å². The Balaban J connectivity index is 1.58. The molecule has 1 atom stereocenters. The maximum absolute atomic E-state index is 11.9. The van der Waals surface area contributed by atoms with Gasteiger partial charge in [-0.15, -0.1) is 0 Å². The maximum Gasteiger partial charge on any atom is 0.321 e. The molecular weight excluding hydrogens is 276 g/mol. The molecule has 126 valence electrons. The zero-order valence-corrected chi connectivity index (χ0v) is 14.3. The number of carbonyl (C=O) groups is 1. The van der Waals surface area contributed by atoms with E-state index in [1.807, 2.05) is 0 Å². The van der Waals surface area contributed by atoms with Crippen molar-refractivity contribution in [1.82, 2.24) is 9.80 Å². The lowest BCUT2D eigenvalue weighted by atomic mass is 9.58. The average molecular weight is 308 g/mol. The second-order valence-corrected chi connectivity index (χ2v) is 8.14. The van der Waals surface area contributed by atoms with E-state index in [1.165, 1.54) is 32.1 Å². The van der Waals surface area contributed by atoms with Crippen LogP contribution in [0.15, 0.2) is 0 Å². The monoisotopic (exact) mass is 308 g/mol. The third-order valence-electron chi connectivity index (χ3n) is 6.68. The highest BCUT2D eigenvalue weighted by atomic mass is 16.4. The maximum atomic E-state index is 11.9. The molecule has 1 saturated heterocycles. The van der Waals surface area contributed by atoms with Crippen molar-refractivity contribution in [2.45, 2.75) is 70.9 Å². The molecule has 1 unspecified atom stereocenters. The van der Waals surface area contributed by atoms with E-state index in [1.54, 1.807) is 0 Å². The molecule has 4 heteroatoms. The molecule has 0 aromatic heterocycles. The van der Waals surface area contributed by atoms with Crippen LogP contribution in [-0.4, -0.2) is 59.1 Å². The molecule has 22 heavy (non-hydrogen) atoms. The number of hydrogen-bond acceptors (Lipinski definition) is 3. The van der Waals surface area contributed by atoms with E-state index in [0.717, 1.165) is 39.0 Å². The number of rotatable bonds is 4. The van der Waals surface area contributed by atoms with E-state index in [-0.39, 0.29) is 6.04 Å². The van der Waals surface area contributed by atoms with Crippen LogP contribution in [0.1, 0.15) is 58.8 Å². The second kappa shape index (κ2) is 6.48. The van der Waals surface area contributed by atoms with Gasteiger partial charge in [0.05, 0.1) is 0 Å². The Morgan fingerprint density at radius 1 is 1.00 bits per heavy atom. The van der Waals surface area contributed by atoms with Crippen LogP contribution in [0.25, 0.3) is 0 Å². The molecule has 0 aromatic rings. The molecule has 3 rings (SSSR count). The minimum atomic E-state index is -0.590. The molecule has 1 N–H and O–H groups in total. The van der Waals surface area contributed by atoms with Gasteiger partial charge in [-0.2, -0.15) is 0 Å². The molecule has 0 aromatic carbocycles. The van der Waals surface area contributed by atoms with Crippen molar-refractivity contribution in [3.63, 3.8) is 0 Å². The molecular formula is C18H32N2O2. The van der Waals surface area contributed by atoms with Gasteiger partial charge in [0.1, 0.15) is 6.04 Å². The minimum absolute atomic E-state index is 0.244. The van der Waals surface area contributed by atoms with Crippen LogP contribution in [-0.2, 0) is 4.79 Å². The summed E-state index contributed by atoms with van der Waals surface area (Å²) >= 11 is 0. The normalized spacial score (nSPS) is 28.7. The molecule has 3 aliphatic rings. The van der Waals surface area contributed by atoms with Crippen molar-refractivity contribution in [2.75, 3.05) is 26.2 Å². The molecule has 4 nitrogen and oxygen atoms in total. The summed E-state index contributed by atoms with van der Waals surface area (Å²) in [5, 5.41) is 9.80. The third-order valence-corrected chi connectivity index (χ3v) is 6.68. The summed E-state index contributed by atoms with van der Waals surface area (Å²) in [6, 6.07) is 0.324. The lowest BCUT2D eigenvalue weighted by Gasteiger charge is -2.49. The van der Waals surface area contributed by atoms with E-state index in [9.17, 15) is 9.90 Å². The van der Waals surface area contributed by atoms with Crippen LogP contribution >= 0.6 is 0 Å². The van der Waals surface area contributed by atoms with E-state index < -0.39 is 5.97 Å². The van der Waals surface area contributed by atoms with Gasteiger partial charge in [-0.05, 0) is 63.7 Å². The molecule has 0 bridgehead atoms. The highest BCUT2D eigenvalue weighted by Crippen LogP contribution is 2.53. The van der Waals surface area contributed by atoms with Gasteiger partial charge in [0.15, 0.2) is 0 Å². The van der Waals surface area contributed by atoms with Crippen LogP contribution in [0, 0.1) is 11.3 Å². The Bertz CT molecular complexity index is 388. The highest BCUT2D eigenvalue weighted by molar-refractivity contribution is 5.74. The number of aliphatic carboxylic acids is 1. The smallest absolute Gasteiger partial charge is 0.321 e. The fourth-order valence-corrected chi connectivity index (χ4v) is 4.93. The Labute approximate surface area is 134 Å². The predicted molar refractivity (Wildman–Crippen MR) is 87.9 cm³/mol. The first kappa shape index (κ1) is 16.3. The van der Waals surface area contributed by atoms with Crippen molar-refractivity contribution < 1.29 is 9.90 Å². The molecule has 1 aliphatic heterocycles. The molecule has 1 spiro atoms. The summed E-state index contributed by atoms with van der Waals surface area (Å²) < 4.78 is 0. The van der Waals surface area contributed by atoms with Crippen molar-refractivity contribution in [2.24, 2.45) is 11.3 Å². The van der Waals surface area contributed by atoms with Gasteiger partial charge in [0, 0.05) is 32.2 Å². The predicted octanol–water partition coefficient (Wildman–Crippen LogP) is 2.83. The standard InChI is InChI=1S/C18H32N2O2/c1-14(2)19-10-12-20(13-11-19)16(17(21)22)15-4-8-18(9-5-15)6-3-7-18/h14-16H,3-13H2,1-2H3,(H,21,22). The van der Waals surface area contributed by atoms with Crippen LogP contribution in [0.2, 0.25) is 0 Å². The van der Waals surface area contributed by atoms with Crippen molar-refractivity contribution >= 4 is 5.97 Å². The van der Waals surface area contributed by atoms with E-state index >= 15 is 0 Å². The van der Waals surface area contributed by atoms with Gasteiger partial charge in [0.2, 0.25) is 0 Å².